The highest BCUT2D eigenvalue weighted by atomic mass is 16.2. The molecule has 3 atom stereocenters. The van der Waals surface area contributed by atoms with Crippen molar-refractivity contribution in [3.63, 3.8) is 0 Å². The van der Waals surface area contributed by atoms with Crippen LogP contribution in [-0.2, 0) is 4.79 Å². The summed E-state index contributed by atoms with van der Waals surface area (Å²) in [5.74, 6) is 2.30. The van der Waals surface area contributed by atoms with Crippen LogP contribution in [0.1, 0.15) is 32.1 Å². The Morgan fingerprint density at radius 2 is 1.87 bits per heavy atom. The summed E-state index contributed by atoms with van der Waals surface area (Å²) in [5.41, 5.74) is 5.91. The zero-order valence-electron chi connectivity index (χ0n) is 9.19. The van der Waals surface area contributed by atoms with Gasteiger partial charge >= 0.3 is 0 Å². The summed E-state index contributed by atoms with van der Waals surface area (Å²) in [4.78, 5) is 14.2. The number of fused-ring (bicyclic) bond motifs is 1. The van der Waals surface area contributed by atoms with Gasteiger partial charge in [-0.1, -0.05) is 6.42 Å². The molecule has 84 valence electrons. The highest BCUT2D eigenvalue weighted by molar-refractivity contribution is 5.82. The third-order valence-electron chi connectivity index (χ3n) is 4.46. The molecule has 1 amide bonds. The fourth-order valence-electron chi connectivity index (χ4n) is 3.61. The normalized spacial score (nSPS) is 43.9. The molecule has 1 heterocycles. The number of rotatable bonds is 1. The minimum absolute atomic E-state index is 0.223. The third kappa shape index (κ3) is 1.57. The van der Waals surface area contributed by atoms with E-state index in [-0.39, 0.29) is 6.04 Å². The van der Waals surface area contributed by atoms with Gasteiger partial charge in [0.15, 0.2) is 0 Å². The lowest BCUT2D eigenvalue weighted by Crippen LogP contribution is -2.46. The summed E-state index contributed by atoms with van der Waals surface area (Å²) in [6.07, 6.45) is 6.11. The average molecular weight is 208 g/mol. The summed E-state index contributed by atoms with van der Waals surface area (Å²) in [5, 5.41) is 0. The van der Waals surface area contributed by atoms with Gasteiger partial charge in [0, 0.05) is 25.0 Å². The lowest BCUT2D eigenvalue weighted by molar-refractivity contribution is -0.134. The van der Waals surface area contributed by atoms with Crippen molar-refractivity contribution in [1.29, 1.82) is 0 Å². The van der Waals surface area contributed by atoms with Crippen LogP contribution in [0, 0.1) is 17.8 Å². The van der Waals surface area contributed by atoms with Crippen LogP contribution in [0.4, 0.5) is 0 Å². The van der Waals surface area contributed by atoms with E-state index in [4.69, 9.17) is 5.73 Å². The molecule has 3 nitrogen and oxygen atoms in total. The number of nitrogens with zero attached hydrogens (tertiary/aromatic N) is 1. The Hall–Kier alpha value is -0.570. The van der Waals surface area contributed by atoms with Gasteiger partial charge in [0.1, 0.15) is 0 Å². The number of hydrogen-bond acceptors (Lipinski definition) is 2. The van der Waals surface area contributed by atoms with Gasteiger partial charge in [-0.2, -0.15) is 0 Å². The molecule has 0 aromatic heterocycles. The van der Waals surface area contributed by atoms with Crippen molar-refractivity contribution >= 4 is 5.91 Å². The smallest absolute Gasteiger partial charge is 0.226 e. The van der Waals surface area contributed by atoms with Crippen molar-refractivity contribution in [2.24, 2.45) is 23.5 Å². The van der Waals surface area contributed by atoms with Crippen LogP contribution in [0.15, 0.2) is 0 Å². The maximum Gasteiger partial charge on any atom is 0.226 e. The molecule has 3 heteroatoms. The molecule has 1 aliphatic heterocycles. The summed E-state index contributed by atoms with van der Waals surface area (Å²) < 4.78 is 0. The molecular formula is C12H20N2O. The van der Waals surface area contributed by atoms with Crippen LogP contribution in [0.3, 0.4) is 0 Å². The van der Waals surface area contributed by atoms with Gasteiger partial charge in [-0.3, -0.25) is 4.79 Å². The second-order valence-electron chi connectivity index (χ2n) is 5.47. The second-order valence-corrected chi connectivity index (χ2v) is 5.47. The Balaban J connectivity index is 1.60. The van der Waals surface area contributed by atoms with Crippen LogP contribution < -0.4 is 5.73 Å². The molecule has 2 N–H and O–H groups in total. The molecule has 0 aromatic carbocycles. The van der Waals surface area contributed by atoms with Crippen LogP contribution in [0.25, 0.3) is 0 Å². The molecule has 3 fully saturated rings. The maximum atomic E-state index is 12.2. The zero-order valence-corrected chi connectivity index (χ0v) is 9.19. The van der Waals surface area contributed by atoms with Gasteiger partial charge < -0.3 is 10.6 Å². The lowest BCUT2D eigenvalue weighted by atomic mass is 10.0. The Morgan fingerprint density at radius 1 is 1.13 bits per heavy atom. The summed E-state index contributed by atoms with van der Waals surface area (Å²) in [6, 6.07) is 0.223. The van der Waals surface area contributed by atoms with Crippen LogP contribution in [0.5, 0.6) is 0 Å². The quantitative estimate of drug-likeness (QED) is 0.698. The van der Waals surface area contributed by atoms with Crippen LogP contribution in [0.2, 0.25) is 0 Å². The van der Waals surface area contributed by atoms with E-state index < -0.39 is 0 Å². The maximum absolute atomic E-state index is 12.2. The molecule has 0 spiro atoms. The van der Waals surface area contributed by atoms with Crippen molar-refractivity contribution in [3.8, 4) is 0 Å². The molecule has 0 bridgehead atoms. The first-order valence-electron chi connectivity index (χ1n) is 6.32. The molecule has 0 aromatic rings. The Kier molecular flexibility index (Phi) is 2.23. The number of amides is 1. The van der Waals surface area contributed by atoms with Crippen molar-refractivity contribution < 1.29 is 4.79 Å². The van der Waals surface area contributed by atoms with E-state index in [0.29, 0.717) is 11.8 Å². The third-order valence-corrected chi connectivity index (χ3v) is 4.46. The minimum atomic E-state index is 0.223. The van der Waals surface area contributed by atoms with Crippen molar-refractivity contribution in [2.75, 3.05) is 13.1 Å². The molecular weight excluding hydrogens is 188 g/mol. The Labute approximate surface area is 91.0 Å². The Bertz CT molecular complexity index is 269. The highest BCUT2D eigenvalue weighted by Gasteiger charge is 2.57. The summed E-state index contributed by atoms with van der Waals surface area (Å²) in [6.45, 7) is 1.75. The number of piperidine rings is 1. The molecule has 0 radical (unpaired) electrons. The topological polar surface area (TPSA) is 46.3 Å². The molecule has 2 unspecified atom stereocenters. The second kappa shape index (κ2) is 3.48. The van der Waals surface area contributed by atoms with E-state index in [1.807, 2.05) is 4.90 Å². The predicted molar refractivity (Wildman–Crippen MR) is 58.1 cm³/mol. The summed E-state index contributed by atoms with van der Waals surface area (Å²) in [7, 11) is 0. The molecule has 1 saturated heterocycles. The first-order valence-corrected chi connectivity index (χ1v) is 6.32. The lowest BCUT2D eigenvalue weighted by Gasteiger charge is -2.31. The van der Waals surface area contributed by atoms with Gasteiger partial charge in [0.2, 0.25) is 5.91 Å². The largest absolute Gasteiger partial charge is 0.341 e. The zero-order chi connectivity index (χ0) is 10.4. The fourth-order valence-corrected chi connectivity index (χ4v) is 3.61. The van der Waals surface area contributed by atoms with E-state index in [1.54, 1.807) is 0 Å². The van der Waals surface area contributed by atoms with Gasteiger partial charge in [-0.25, -0.2) is 0 Å². The average Bonchev–Trinajstić information content (AvgIpc) is 2.70. The molecule has 15 heavy (non-hydrogen) atoms. The van der Waals surface area contributed by atoms with Gasteiger partial charge in [-0.05, 0) is 37.5 Å². The van der Waals surface area contributed by atoms with E-state index in [2.05, 4.69) is 0 Å². The molecule has 2 aliphatic carbocycles. The standard InChI is InChI=1S/C12H20N2O/c13-8-3-2-6-14(7-8)12(15)11-9-4-1-5-10(9)11/h8-11H,1-7,13H2/t8-,9?,10?,11?/m1/s1. The first-order chi connectivity index (χ1) is 7.27. The molecule has 3 aliphatic rings. The Morgan fingerprint density at radius 3 is 2.53 bits per heavy atom. The van der Waals surface area contributed by atoms with E-state index >= 15 is 0 Å². The van der Waals surface area contributed by atoms with Gasteiger partial charge in [0.05, 0.1) is 0 Å². The number of likely N-dealkylation sites (tertiary alicyclic amines) is 1. The fraction of sp³-hybridized carbons (Fsp3) is 0.917. The minimum Gasteiger partial charge on any atom is -0.341 e. The van der Waals surface area contributed by atoms with Crippen LogP contribution >= 0.6 is 0 Å². The number of nitrogens with two attached hydrogens (primary N) is 1. The summed E-state index contributed by atoms with van der Waals surface area (Å²) >= 11 is 0. The van der Waals surface area contributed by atoms with E-state index in [0.717, 1.165) is 37.8 Å². The first kappa shape index (κ1) is 9.64. The SMILES string of the molecule is N[C@@H]1CCCN(C(=O)C2C3CCCC32)C1. The molecule has 2 saturated carbocycles. The van der Waals surface area contributed by atoms with Gasteiger partial charge in [0.25, 0.3) is 0 Å². The highest BCUT2D eigenvalue weighted by Crippen LogP contribution is 2.58. The number of carbonyl (C=O) groups is 1. The van der Waals surface area contributed by atoms with Crippen LogP contribution in [-0.4, -0.2) is 29.9 Å². The van der Waals surface area contributed by atoms with Crippen molar-refractivity contribution in [1.82, 2.24) is 4.90 Å². The van der Waals surface area contributed by atoms with Crippen molar-refractivity contribution in [3.05, 3.63) is 0 Å². The monoisotopic (exact) mass is 208 g/mol. The van der Waals surface area contributed by atoms with Crippen molar-refractivity contribution in [2.45, 2.75) is 38.1 Å². The number of hydrogen-bond donors (Lipinski definition) is 1. The predicted octanol–water partition coefficient (Wildman–Crippen LogP) is 0.982. The van der Waals surface area contributed by atoms with E-state index in [9.17, 15) is 4.79 Å². The molecule has 3 rings (SSSR count). The number of carbonyl (C=O) groups excluding carboxylic acids is 1. The van der Waals surface area contributed by atoms with E-state index in [1.165, 1.54) is 19.3 Å². The van der Waals surface area contributed by atoms with Gasteiger partial charge in [-0.15, -0.1) is 0 Å².